The van der Waals surface area contributed by atoms with Gasteiger partial charge in [0.2, 0.25) is 0 Å². The van der Waals surface area contributed by atoms with Crippen LogP contribution in [0.25, 0.3) is 0 Å². The number of carbonyl (C=O) groups excluding carboxylic acids is 1. The number of halogens is 1. The molecule has 15 heavy (non-hydrogen) atoms. The highest BCUT2D eigenvalue weighted by atomic mass is 35.5. The molecule has 1 rings (SSSR count). The van der Waals surface area contributed by atoms with Crippen molar-refractivity contribution in [2.24, 2.45) is 0 Å². The molecule has 0 aliphatic rings. The van der Waals surface area contributed by atoms with Crippen LogP contribution in [0.1, 0.15) is 22.3 Å². The number of aryl methyl sites for hydroxylation is 1. The van der Waals surface area contributed by atoms with Gasteiger partial charge in [0.1, 0.15) is 0 Å². The molecule has 0 saturated heterocycles. The van der Waals surface area contributed by atoms with Crippen LogP contribution in [0.5, 0.6) is 0 Å². The normalized spacial score (nSPS) is 9.73. The van der Waals surface area contributed by atoms with Gasteiger partial charge in [-0.15, -0.1) is 6.58 Å². The highest BCUT2D eigenvalue weighted by molar-refractivity contribution is 6.33. The van der Waals surface area contributed by atoms with E-state index in [0.717, 1.165) is 12.0 Å². The van der Waals surface area contributed by atoms with Crippen molar-refractivity contribution in [3.8, 4) is 0 Å². The Labute approximate surface area is 94.9 Å². The van der Waals surface area contributed by atoms with Gasteiger partial charge in [0, 0.05) is 6.54 Å². The van der Waals surface area contributed by atoms with Crippen LogP contribution in [0.2, 0.25) is 5.02 Å². The first-order valence-electron chi connectivity index (χ1n) is 4.80. The predicted molar refractivity (Wildman–Crippen MR) is 63.3 cm³/mol. The van der Waals surface area contributed by atoms with Gasteiger partial charge in [-0.2, -0.15) is 0 Å². The van der Waals surface area contributed by atoms with Gasteiger partial charge in [-0.1, -0.05) is 23.7 Å². The van der Waals surface area contributed by atoms with Crippen LogP contribution in [0.3, 0.4) is 0 Å². The molecule has 0 atom stereocenters. The second-order valence-electron chi connectivity index (χ2n) is 3.32. The topological polar surface area (TPSA) is 29.1 Å². The monoisotopic (exact) mass is 223 g/mol. The smallest absolute Gasteiger partial charge is 0.252 e. The van der Waals surface area contributed by atoms with Gasteiger partial charge in [0.15, 0.2) is 0 Å². The molecule has 0 aliphatic carbocycles. The third-order valence-corrected chi connectivity index (χ3v) is 2.32. The number of hydrogen-bond acceptors (Lipinski definition) is 1. The van der Waals surface area contributed by atoms with Crippen LogP contribution in [0, 0.1) is 6.92 Å². The van der Waals surface area contributed by atoms with Crippen LogP contribution >= 0.6 is 11.6 Å². The molecule has 1 aromatic carbocycles. The molecule has 1 N–H and O–H groups in total. The molecule has 0 heterocycles. The maximum atomic E-state index is 11.6. The van der Waals surface area contributed by atoms with Crippen molar-refractivity contribution in [1.29, 1.82) is 0 Å². The average Bonchev–Trinajstić information content (AvgIpc) is 2.17. The van der Waals surface area contributed by atoms with E-state index in [4.69, 9.17) is 11.6 Å². The molecule has 2 nitrogen and oxygen atoms in total. The summed E-state index contributed by atoms with van der Waals surface area (Å²) in [4.78, 5) is 11.6. The fourth-order valence-corrected chi connectivity index (χ4v) is 1.51. The lowest BCUT2D eigenvalue weighted by Crippen LogP contribution is -2.24. The lowest BCUT2D eigenvalue weighted by molar-refractivity contribution is 0.0954. The minimum atomic E-state index is -0.137. The highest BCUT2D eigenvalue weighted by Crippen LogP contribution is 2.17. The number of nitrogens with one attached hydrogen (secondary N) is 1. The molecule has 0 spiro atoms. The SMILES string of the molecule is C=CCCNC(=O)c1ccc(C)cc1Cl. The highest BCUT2D eigenvalue weighted by Gasteiger charge is 2.08. The van der Waals surface area contributed by atoms with Crippen molar-refractivity contribution in [1.82, 2.24) is 5.32 Å². The minimum absolute atomic E-state index is 0.137. The van der Waals surface area contributed by atoms with Gasteiger partial charge in [-0.3, -0.25) is 4.79 Å². The van der Waals surface area contributed by atoms with Crippen LogP contribution in [-0.2, 0) is 0 Å². The van der Waals surface area contributed by atoms with Gasteiger partial charge in [-0.25, -0.2) is 0 Å². The van der Waals surface area contributed by atoms with Crippen molar-refractivity contribution in [2.75, 3.05) is 6.54 Å². The summed E-state index contributed by atoms with van der Waals surface area (Å²) in [5.41, 5.74) is 1.56. The van der Waals surface area contributed by atoms with Gasteiger partial charge in [0.25, 0.3) is 5.91 Å². The van der Waals surface area contributed by atoms with Crippen molar-refractivity contribution in [3.05, 3.63) is 47.0 Å². The summed E-state index contributed by atoms with van der Waals surface area (Å²) in [6, 6.07) is 5.39. The molecule has 0 aliphatic heterocycles. The fourth-order valence-electron chi connectivity index (χ4n) is 1.19. The van der Waals surface area contributed by atoms with E-state index in [2.05, 4.69) is 11.9 Å². The zero-order valence-corrected chi connectivity index (χ0v) is 9.47. The summed E-state index contributed by atoms with van der Waals surface area (Å²) in [7, 11) is 0. The molecule has 0 unspecified atom stereocenters. The molecule has 80 valence electrons. The maximum absolute atomic E-state index is 11.6. The summed E-state index contributed by atoms with van der Waals surface area (Å²) >= 11 is 5.96. The van der Waals surface area contributed by atoms with E-state index in [-0.39, 0.29) is 5.91 Å². The van der Waals surface area contributed by atoms with E-state index < -0.39 is 0 Å². The van der Waals surface area contributed by atoms with E-state index in [1.807, 2.05) is 13.0 Å². The first-order chi connectivity index (χ1) is 7.15. The molecule has 3 heteroatoms. The van der Waals surface area contributed by atoms with E-state index in [1.54, 1.807) is 18.2 Å². The zero-order chi connectivity index (χ0) is 11.3. The molecule has 0 bridgehead atoms. The average molecular weight is 224 g/mol. The fraction of sp³-hybridized carbons (Fsp3) is 0.250. The lowest BCUT2D eigenvalue weighted by Gasteiger charge is -2.05. The first-order valence-corrected chi connectivity index (χ1v) is 5.18. The minimum Gasteiger partial charge on any atom is -0.352 e. The largest absolute Gasteiger partial charge is 0.352 e. The number of amides is 1. The Hall–Kier alpha value is -1.28. The quantitative estimate of drug-likeness (QED) is 0.617. The van der Waals surface area contributed by atoms with E-state index in [0.29, 0.717) is 17.1 Å². The van der Waals surface area contributed by atoms with E-state index in [9.17, 15) is 4.79 Å². The Morgan fingerprint density at radius 3 is 2.93 bits per heavy atom. The summed E-state index contributed by atoms with van der Waals surface area (Å²) in [5.74, 6) is -0.137. The zero-order valence-electron chi connectivity index (χ0n) is 8.72. The van der Waals surface area contributed by atoms with Crippen LogP contribution in [0.4, 0.5) is 0 Å². The Kier molecular flexibility index (Phi) is 4.37. The van der Waals surface area contributed by atoms with Gasteiger partial charge in [0.05, 0.1) is 10.6 Å². The lowest BCUT2D eigenvalue weighted by atomic mass is 10.1. The third kappa shape index (κ3) is 3.40. The predicted octanol–water partition coefficient (Wildman–Crippen LogP) is 2.95. The molecule has 1 aromatic rings. The maximum Gasteiger partial charge on any atom is 0.252 e. The van der Waals surface area contributed by atoms with Crippen molar-refractivity contribution < 1.29 is 4.79 Å². The molecule has 0 aromatic heterocycles. The van der Waals surface area contributed by atoms with Crippen LogP contribution in [0.15, 0.2) is 30.9 Å². The standard InChI is InChI=1S/C12H14ClNO/c1-3-4-7-14-12(15)10-6-5-9(2)8-11(10)13/h3,5-6,8H,1,4,7H2,2H3,(H,14,15). The number of hydrogen-bond donors (Lipinski definition) is 1. The van der Waals surface area contributed by atoms with Crippen molar-refractivity contribution >= 4 is 17.5 Å². The summed E-state index contributed by atoms with van der Waals surface area (Å²) < 4.78 is 0. The summed E-state index contributed by atoms with van der Waals surface area (Å²) in [5, 5.41) is 3.26. The molecule has 0 radical (unpaired) electrons. The molecule has 0 fully saturated rings. The number of carbonyl (C=O) groups is 1. The van der Waals surface area contributed by atoms with Gasteiger partial charge >= 0.3 is 0 Å². The third-order valence-electron chi connectivity index (χ3n) is 2.00. The molecular formula is C12H14ClNO. The van der Waals surface area contributed by atoms with Crippen LogP contribution < -0.4 is 5.32 Å². The summed E-state index contributed by atoms with van der Waals surface area (Å²) in [6.07, 6.45) is 2.52. The van der Waals surface area contributed by atoms with Crippen LogP contribution in [-0.4, -0.2) is 12.5 Å². The molecule has 1 amide bonds. The Balaban J connectivity index is 2.69. The van der Waals surface area contributed by atoms with Crippen molar-refractivity contribution in [3.63, 3.8) is 0 Å². The first kappa shape index (κ1) is 11.8. The Morgan fingerprint density at radius 2 is 2.33 bits per heavy atom. The van der Waals surface area contributed by atoms with Gasteiger partial charge < -0.3 is 5.32 Å². The van der Waals surface area contributed by atoms with Crippen molar-refractivity contribution in [2.45, 2.75) is 13.3 Å². The second-order valence-corrected chi connectivity index (χ2v) is 3.72. The Morgan fingerprint density at radius 1 is 1.60 bits per heavy atom. The summed E-state index contributed by atoms with van der Waals surface area (Å²) in [6.45, 7) is 6.11. The molecule has 0 saturated carbocycles. The number of benzene rings is 1. The van der Waals surface area contributed by atoms with E-state index in [1.165, 1.54) is 0 Å². The number of rotatable bonds is 4. The van der Waals surface area contributed by atoms with E-state index >= 15 is 0 Å². The second kappa shape index (κ2) is 5.56. The van der Waals surface area contributed by atoms with Gasteiger partial charge in [-0.05, 0) is 31.0 Å². The Bertz CT molecular complexity index is 374. The molecular weight excluding hydrogens is 210 g/mol.